The van der Waals surface area contributed by atoms with E-state index in [1.54, 1.807) is 24.3 Å². The van der Waals surface area contributed by atoms with Crippen LogP contribution < -0.4 is 5.32 Å². The van der Waals surface area contributed by atoms with E-state index >= 15 is 0 Å². The van der Waals surface area contributed by atoms with Crippen LogP contribution in [0.1, 0.15) is 33.6 Å². The highest BCUT2D eigenvalue weighted by atomic mass is 32.2. The van der Waals surface area contributed by atoms with Crippen LogP contribution in [0.15, 0.2) is 35.2 Å². The molecular formula is C15H23NO2S. The van der Waals surface area contributed by atoms with Gasteiger partial charge in [0.1, 0.15) is 0 Å². The maximum atomic E-state index is 12.8. The quantitative estimate of drug-likeness (QED) is 0.923. The Hall–Kier alpha value is -0.870. The highest BCUT2D eigenvalue weighted by molar-refractivity contribution is 7.92. The van der Waals surface area contributed by atoms with E-state index in [-0.39, 0.29) is 16.7 Å². The van der Waals surface area contributed by atoms with Crippen molar-refractivity contribution in [2.75, 3.05) is 6.54 Å². The van der Waals surface area contributed by atoms with E-state index in [4.69, 9.17) is 0 Å². The van der Waals surface area contributed by atoms with Crippen molar-refractivity contribution in [2.45, 2.75) is 49.8 Å². The molecule has 0 heterocycles. The summed E-state index contributed by atoms with van der Waals surface area (Å²) in [5.41, 5.74) is 0.0303. The van der Waals surface area contributed by atoms with Gasteiger partial charge in [-0.05, 0) is 36.9 Å². The second-order valence-corrected chi connectivity index (χ2v) is 8.13. The number of sulfone groups is 1. The molecule has 0 amide bonds. The first-order valence-corrected chi connectivity index (χ1v) is 8.46. The van der Waals surface area contributed by atoms with Gasteiger partial charge >= 0.3 is 0 Å². The summed E-state index contributed by atoms with van der Waals surface area (Å²) in [5, 5.41) is 3.07. The van der Waals surface area contributed by atoms with E-state index < -0.39 is 9.84 Å². The van der Waals surface area contributed by atoms with Gasteiger partial charge in [-0.2, -0.15) is 0 Å². The van der Waals surface area contributed by atoms with Crippen molar-refractivity contribution >= 4 is 9.84 Å². The van der Waals surface area contributed by atoms with Gasteiger partial charge in [-0.3, -0.25) is 0 Å². The molecule has 0 radical (unpaired) electrons. The average molecular weight is 281 g/mol. The zero-order valence-electron chi connectivity index (χ0n) is 11.9. The van der Waals surface area contributed by atoms with Gasteiger partial charge in [0.25, 0.3) is 0 Å². The van der Waals surface area contributed by atoms with E-state index in [2.05, 4.69) is 19.2 Å². The van der Waals surface area contributed by atoms with Gasteiger partial charge in [0.15, 0.2) is 9.84 Å². The minimum Gasteiger partial charge on any atom is -0.312 e. The Balaban J connectivity index is 2.36. The van der Waals surface area contributed by atoms with Crippen molar-refractivity contribution in [2.24, 2.45) is 5.41 Å². The summed E-state index contributed by atoms with van der Waals surface area (Å²) in [6, 6.07) is 8.85. The fourth-order valence-corrected chi connectivity index (χ4v) is 5.22. The topological polar surface area (TPSA) is 46.2 Å². The Kier molecular flexibility index (Phi) is 4.02. The highest BCUT2D eigenvalue weighted by Gasteiger charge is 2.47. The second kappa shape index (κ2) is 5.25. The molecule has 0 bridgehead atoms. The van der Waals surface area contributed by atoms with Crippen LogP contribution in [0.2, 0.25) is 0 Å². The van der Waals surface area contributed by atoms with Crippen LogP contribution in [-0.2, 0) is 9.84 Å². The molecule has 1 fully saturated rings. The third-order valence-corrected chi connectivity index (χ3v) is 6.42. The van der Waals surface area contributed by atoms with Crippen molar-refractivity contribution in [3.8, 4) is 0 Å². The number of hydrogen-bond acceptors (Lipinski definition) is 3. The first-order chi connectivity index (χ1) is 8.89. The number of hydrogen-bond donors (Lipinski definition) is 1. The number of benzene rings is 1. The predicted octanol–water partition coefficient (Wildman–Crippen LogP) is 2.63. The smallest absolute Gasteiger partial charge is 0.182 e. The summed E-state index contributed by atoms with van der Waals surface area (Å²) in [4.78, 5) is 0.445. The molecule has 3 nitrogen and oxygen atoms in total. The Bertz CT molecular complexity index is 522. The van der Waals surface area contributed by atoms with Crippen LogP contribution in [0.4, 0.5) is 0 Å². The first kappa shape index (κ1) is 14.5. The van der Waals surface area contributed by atoms with Crippen molar-refractivity contribution in [3.05, 3.63) is 30.3 Å². The van der Waals surface area contributed by atoms with Crippen LogP contribution in [0.3, 0.4) is 0 Å². The van der Waals surface area contributed by atoms with Crippen molar-refractivity contribution in [1.29, 1.82) is 0 Å². The van der Waals surface area contributed by atoms with E-state index in [9.17, 15) is 8.42 Å². The van der Waals surface area contributed by atoms with Crippen LogP contribution >= 0.6 is 0 Å². The lowest BCUT2D eigenvalue weighted by molar-refractivity contribution is 0.288. The first-order valence-electron chi connectivity index (χ1n) is 6.92. The molecule has 1 aliphatic carbocycles. The second-order valence-electron chi connectivity index (χ2n) is 5.96. The largest absolute Gasteiger partial charge is 0.312 e. The normalized spacial score (nSPS) is 26.5. The maximum absolute atomic E-state index is 12.8. The average Bonchev–Trinajstić information content (AvgIpc) is 2.68. The summed E-state index contributed by atoms with van der Waals surface area (Å²) in [5.74, 6) is 0. The zero-order valence-corrected chi connectivity index (χ0v) is 12.7. The lowest BCUT2D eigenvalue weighted by atomic mass is 9.87. The van der Waals surface area contributed by atoms with Gasteiger partial charge in [-0.1, -0.05) is 39.0 Å². The molecule has 2 unspecified atom stereocenters. The molecule has 0 spiro atoms. The van der Waals surface area contributed by atoms with Crippen molar-refractivity contribution in [1.82, 2.24) is 5.32 Å². The molecule has 1 aromatic rings. The van der Waals surface area contributed by atoms with Gasteiger partial charge in [0.2, 0.25) is 0 Å². The minimum absolute atomic E-state index is 0.0303. The van der Waals surface area contributed by atoms with Gasteiger partial charge in [-0.25, -0.2) is 8.42 Å². The molecule has 2 atom stereocenters. The monoisotopic (exact) mass is 281 g/mol. The number of nitrogens with one attached hydrogen (secondary N) is 1. The van der Waals surface area contributed by atoms with Crippen LogP contribution in [0, 0.1) is 5.41 Å². The molecule has 2 rings (SSSR count). The zero-order chi connectivity index (χ0) is 14.1. The molecule has 1 aromatic carbocycles. The van der Waals surface area contributed by atoms with Gasteiger partial charge in [0, 0.05) is 6.04 Å². The molecule has 0 aromatic heterocycles. The molecule has 1 saturated carbocycles. The van der Waals surface area contributed by atoms with Crippen molar-refractivity contribution in [3.63, 3.8) is 0 Å². The Morgan fingerprint density at radius 2 is 1.89 bits per heavy atom. The van der Waals surface area contributed by atoms with Gasteiger partial charge in [0.05, 0.1) is 10.1 Å². The molecule has 0 saturated heterocycles. The lowest BCUT2D eigenvalue weighted by Crippen LogP contribution is -2.47. The maximum Gasteiger partial charge on any atom is 0.182 e. The molecule has 1 N–H and O–H groups in total. The molecule has 0 aliphatic heterocycles. The van der Waals surface area contributed by atoms with Gasteiger partial charge in [-0.15, -0.1) is 0 Å². The lowest BCUT2D eigenvalue weighted by Gasteiger charge is -2.31. The molecule has 106 valence electrons. The summed E-state index contributed by atoms with van der Waals surface area (Å²) < 4.78 is 25.5. The third kappa shape index (κ3) is 2.70. The number of rotatable bonds is 4. The van der Waals surface area contributed by atoms with E-state index in [1.165, 1.54) is 0 Å². The summed E-state index contributed by atoms with van der Waals surface area (Å²) in [6.45, 7) is 7.14. The fourth-order valence-electron chi connectivity index (χ4n) is 3.09. The van der Waals surface area contributed by atoms with Crippen LogP contribution in [0.5, 0.6) is 0 Å². The summed E-state index contributed by atoms with van der Waals surface area (Å²) in [7, 11) is -3.24. The Morgan fingerprint density at radius 1 is 1.26 bits per heavy atom. The standard InChI is InChI=1S/C15H23NO2S/c1-4-16-14-13(10-11-15(14,2)3)19(17,18)12-8-6-5-7-9-12/h5-9,13-14,16H,4,10-11H2,1-3H3. The van der Waals surface area contributed by atoms with E-state index in [0.29, 0.717) is 4.90 Å². The molecule has 1 aliphatic rings. The molecule has 19 heavy (non-hydrogen) atoms. The SMILES string of the molecule is CCNC1C(S(=O)(=O)c2ccccc2)CCC1(C)C. The third-order valence-electron chi connectivity index (χ3n) is 4.18. The van der Waals surface area contributed by atoms with E-state index in [0.717, 1.165) is 19.4 Å². The fraction of sp³-hybridized carbons (Fsp3) is 0.600. The van der Waals surface area contributed by atoms with Gasteiger partial charge < -0.3 is 5.32 Å². The Labute approximate surface area is 116 Å². The minimum atomic E-state index is -3.24. The summed E-state index contributed by atoms with van der Waals surface area (Å²) in [6.07, 6.45) is 1.68. The van der Waals surface area contributed by atoms with Crippen LogP contribution in [0.25, 0.3) is 0 Å². The molecule has 4 heteroatoms. The van der Waals surface area contributed by atoms with Crippen molar-refractivity contribution < 1.29 is 8.42 Å². The van der Waals surface area contributed by atoms with E-state index in [1.807, 2.05) is 13.0 Å². The highest BCUT2D eigenvalue weighted by Crippen LogP contribution is 2.42. The van der Waals surface area contributed by atoms with Crippen LogP contribution in [-0.4, -0.2) is 26.3 Å². The Morgan fingerprint density at radius 3 is 2.47 bits per heavy atom. The predicted molar refractivity (Wildman–Crippen MR) is 77.9 cm³/mol. The molecular weight excluding hydrogens is 258 g/mol. The summed E-state index contributed by atoms with van der Waals surface area (Å²) >= 11 is 0.